The van der Waals surface area contributed by atoms with Crippen molar-refractivity contribution in [2.75, 3.05) is 20.2 Å². The van der Waals surface area contributed by atoms with Crippen molar-refractivity contribution >= 4 is 26.8 Å². The standard InChI is InChI=1S/C24H30BrN3O/c1-27(20-11-12-20)15-5-3-4-6-16-29-21-13-14-22-23(17-21)28(2)26-24(22)18-7-9-19(25)10-8-18/h7-10,13-14,17,20H,3-6,11-12,15-16H2,1-2H3. The van der Waals surface area contributed by atoms with Crippen LogP contribution in [-0.4, -0.2) is 40.9 Å². The predicted octanol–water partition coefficient (Wildman–Crippen LogP) is 6.04. The van der Waals surface area contributed by atoms with Gasteiger partial charge in [0.05, 0.1) is 12.1 Å². The molecule has 0 radical (unpaired) electrons. The summed E-state index contributed by atoms with van der Waals surface area (Å²) in [6, 6.07) is 15.5. The molecule has 0 spiro atoms. The number of nitrogens with zero attached hydrogens (tertiary/aromatic N) is 3. The van der Waals surface area contributed by atoms with E-state index < -0.39 is 0 Å². The molecule has 1 aliphatic carbocycles. The fraction of sp³-hybridized carbons (Fsp3) is 0.458. The maximum absolute atomic E-state index is 6.02. The topological polar surface area (TPSA) is 30.3 Å². The average Bonchev–Trinajstić information content (AvgIpc) is 3.53. The minimum atomic E-state index is 0.779. The van der Waals surface area contributed by atoms with Crippen LogP contribution >= 0.6 is 15.9 Å². The van der Waals surface area contributed by atoms with Crippen LogP contribution in [0.3, 0.4) is 0 Å². The minimum Gasteiger partial charge on any atom is -0.494 e. The highest BCUT2D eigenvalue weighted by atomic mass is 79.9. The zero-order valence-corrected chi connectivity index (χ0v) is 19.0. The van der Waals surface area contributed by atoms with Crippen molar-refractivity contribution in [2.24, 2.45) is 7.05 Å². The second-order valence-electron chi connectivity index (χ2n) is 8.13. The first-order chi connectivity index (χ1) is 14.1. The van der Waals surface area contributed by atoms with Gasteiger partial charge < -0.3 is 9.64 Å². The van der Waals surface area contributed by atoms with Gasteiger partial charge in [-0.25, -0.2) is 0 Å². The lowest BCUT2D eigenvalue weighted by molar-refractivity contribution is 0.293. The summed E-state index contributed by atoms with van der Waals surface area (Å²) in [6.07, 6.45) is 7.73. The molecule has 4 rings (SSSR count). The summed E-state index contributed by atoms with van der Waals surface area (Å²) in [6.45, 7) is 2.02. The molecule has 4 nitrogen and oxygen atoms in total. The van der Waals surface area contributed by atoms with Gasteiger partial charge in [0.25, 0.3) is 0 Å². The van der Waals surface area contributed by atoms with Crippen LogP contribution in [0, 0.1) is 0 Å². The largest absolute Gasteiger partial charge is 0.494 e. The lowest BCUT2D eigenvalue weighted by Gasteiger charge is -2.14. The molecule has 0 atom stereocenters. The number of halogens is 1. The number of benzene rings is 2. The second kappa shape index (κ2) is 9.31. The van der Waals surface area contributed by atoms with E-state index in [1.54, 1.807) is 0 Å². The highest BCUT2D eigenvalue weighted by Gasteiger charge is 2.25. The fourth-order valence-corrected chi connectivity index (χ4v) is 4.12. The zero-order valence-electron chi connectivity index (χ0n) is 17.4. The summed E-state index contributed by atoms with van der Waals surface area (Å²) in [4.78, 5) is 2.52. The van der Waals surface area contributed by atoms with E-state index >= 15 is 0 Å². The first-order valence-electron chi connectivity index (χ1n) is 10.7. The second-order valence-corrected chi connectivity index (χ2v) is 9.05. The van der Waals surface area contributed by atoms with Crippen molar-refractivity contribution in [3.63, 3.8) is 0 Å². The minimum absolute atomic E-state index is 0.779. The van der Waals surface area contributed by atoms with E-state index in [9.17, 15) is 0 Å². The van der Waals surface area contributed by atoms with Gasteiger partial charge in [0.2, 0.25) is 0 Å². The van der Waals surface area contributed by atoms with E-state index in [0.29, 0.717) is 0 Å². The molecule has 3 aromatic rings. The van der Waals surface area contributed by atoms with E-state index in [1.165, 1.54) is 38.6 Å². The molecule has 0 aliphatic heterocycles. The molecular weight excluding hydrogens is 426 g/mol. The third-order valence-corrected chi connectivity index (χ3v) is 6.31. The molecule has 0 amide bonds. The summed E-state index contributed by atoms with van der Waals surface area (Å²) < 4.78 is 9.03. The van der Waals surface area contributed by atoms with Gasteiger partial charge in [-0.05, 0) is 63.5 Å². The third kappa shape index (κ3) is 5.20. The summed E-state index contributed by atoms with van der Waals surface area (Å²) in [7, 11) is 4.25. The molecule has 1 aromatic heterocycles. The number of rotatable bonds is 10. The van der Waals surface area contributed by atoms with Gasteiger partial charge in [-0.1, -0.05) is 40.9 Å². The Morgan fingerprint density at radius 3 is 2.59 bits per heavy atom. The van der Waals surface area contributed by atoms with Gasteiger partial charge in [0, 0.05) is 34.6 Å². The van der Waals surface area contributed by atoms with E-state index in [0.717, 1.165) is 51.5 Å². The van der Waals surface area contributed by atoms with Crippen molar-refractivity contribution in [1.82, 2.24) is 14.7 Å². The zero-order chi connectivity index (χ0) is 20.2. The van der Waals surface area contributed by atoms with E-state index in [2.05, 4.69) is 70.3 Å². The number of aryl methyl sites for hydroxylation is 1. The summed E-state index contributed by atoms with van der Waals surface area (Å²) in [5.74, 6) is 0.927. The van der Waals surface area contributed by atoms with Crippen LogP contribution in [0.1, 0.15) is 38.5 Å². The molecule has 1 aliphatic rings. The van der Waals surface area contributed by atoms with Crippen molar-refractivity contribution in [3.8, 4) is 17.0 Å². The Morgan fingerprint density at radius 1 is 1.07 bits per heavy atom. The molecule has 154 valence electrons. The third-order valence-electron chi connectivity index (χ3n) is 5.78. The quantitative estimate of drug-likeness (QED) is 0.349. The average molecular weight is 456 g/mol. The Bertz CT molecular complexity index is 947. The van der Waals surface area contributed by atoms with Crippen LogP contribution in [0.25, 0.3) is 22.2 Å². The Labute approximate surface area is 182 Å². The highest BCUT2D eigenvalue weighted by Crippen LogP contribution is 2.31. The number of aromatic nitrogens is 2. The summed E-state index contributed by atoms with van der Waals surface area (Å²) >= 11 is 3.50. The molecule has 0 unspecified atom stereocenters. The smallest absolute Gasteiger partial charge is 0.121 e. The molecule has 1 fully saturated rings. The van der Waals surface area contributed by atoms with Gasteiger partial charge >= 0.3 is 0 Å². The molecule has 29 heavy (non-hydrogen) atoms. The van der Waals surface area contributed by atoms with Crippen LogP contribution in [0.15, 0.2) is 46.9 Å². The Kier molecular flexibility index (Phi) is 6.56. The highest BCUT2D eigenvalue weighted by molar-refractivity contribution is 9.10. The van der Waals surface area contributed by atoms with Crippen LogP contribution in [0.4, 0.5) is 0 Å². The van der Waals surface area contributed by atoms with Crippen LogP contribution in [0.5, 0.6) is 5.75 Å². The molecule has 5 heteroatoms. The summed E-state index contributed by atoms with van der Waals surface area (Å²) in [5.41, 5.74) is 3.24. The monoisotopic (exact) mass is 455 g/mol. The van der Waals surface area contributed by atoms with E-state index in [4.69, 9.17) is 9.84 Å². The molecular formula is C24H30BrN3O. The molecule has 2 aromatic carbocycles. The number of hydrogen-bond donors (Lipinski definition) is 0. The number of hydrogen-bond acceptors (Lipinski definition) is 3. The normalized spacial score (nSPS) is 14.1. The molecule has 1 heterocycles. The lowest BCUT2D eigenvalue weighted by atomic mass is 10.1. The van der Waals surface area contributed by atoms with E-state index in [1.807, 2.05) is 11.7 Å². The van der Waals surface area contributed by atoms with Gasteiger partial charge in [0.1, 0.15) is 11.4 Å². The van der Waals surface area contributed by atoms with E-state index in [-0.39, 0.29) is 0 Å². The van der Waals surface area contributed by atoms with Crippen molar-refractivity contribution in [3.05, 3.63) is 46.9 Å². The van der Waals surface area contributed by atoms with Gasteiger partial charge in [-0.3, -0.25) is 4.68 Å². The van der Waals surface area contributed by atoms with Crippen LogP contribution < -0.4 is 4.74 Å². The first kappa shape index (κ1) is 20.4. The van der Waals surface area contributed by atoms with Crippen LogP contribution in [0.2, 0.25) is 0 Å². The lowest BCUT2D eigenvalue weighted by Crippen LogP contribution is -2.21. The Balaban J connectivity index is 1.29. The molecule has 0 bridgehead atoms. The van der Waals surface area contributed by atoms with Gasteiger partial charge in [0.15, 0.2) is 0 Å². The maximum atomic E-state index is 6.02. The molecule has 0 N–H and O–H groups in total. The van der Waals surface area contributed by atoms with Crippen molar-refractivity contribution < 1.29 is 4.74 Å². The first-order valence-corrected chi connectivity index (χ1v) is 11.5. The van der Waals surface area contributed by atoms with Crippen molar-refractivity contribution in [1.29, 1.82) is 0 Å². The fourth-order valence-electron chi connectivity index (χ4n) is 3.85. The predicted molar refractivity (Wildman–Crippen MR) is 123 cm³/mol. The number of ether oxygens (including phenoxy) is 1. The number of fused-ring (bicyclic) bond motifs is 1. The van der Waals surface area contributed by atoms with Gasteiger partial charge in [-0.2, -0.15) is 5.10 Å². The molecule has 1 saturated carbocycles. The maximum Gasteiger partial charge on any atom is 0.121 e. The Hall–Kier alpha value is -1.85. The van der Waals surface area contributed by atoms with Crippen LogP contribution in [-0.2, 0) is 7.05 Å². The SMILES string of the molecule is CN(CCCCCCOc1ccc2c(-c3ccc(Br)cc3)nn(C)c2c1)C1CC1. The number of unbranched alkanes of at least 4 members (excludes halogenated alkanes) is 3. The molecule has 0 saturated heterocycles. The van der Waals surface area contributed by atoms with Crippen molar-refractivity contribution in [2.45, 2.75) is 44.6 Å². The Morgan fingerprint density at radius 2 is 1.83 bits per heavy atom. The summed E-state index contributed by atoms with van der Waals surface area (Å²) in [5, 5.41) is 5.89. The van der Waals surface area contributed by atoms with Gasteiger partial charge in [-0.15, -0.1) is 0 Å².